The smallest absolute Gasteiger partial charge is 0.191 e. The van der Waals surface area contributed by atoms with E-state index in [1.807, 2.05) is 7.05 Å². The summed E-state index contributed by atoms with van der Waals surface area (Å²) in [6, 6.07) is 19.7. The van der Waals surface area contributed by atoms with Gasteiger partial charge in [0.1, 0.15) is 0 Å². The van der Waals surface area contributed by atoms with E-state index in [0.717, 1.165) is 32.0 Å². The van der Waals surface area contributed by atoms with Crippen molar-refractivity contribution < 1.29 is 4.74 Å². The molecule has 2 aromatic rings. The van der Waals surface area contributed by atoms with Gasteiger partial charge in [-0.05, 0) is 55.9 Å². The van der Waals surface area contributed by atoms with Crippen molar-refractivity contribution in [2.24, 2.45) is 10.9 Å². The average molecular weight is 549 g/mol. The van der Waals surface area contributed by atoms with Gasteiger partial charge in [0.2, 0.25) is 0 Å². The Kier molecular flexibility index (Phi) is 9.66. The molecule has 2 fully saturated rings. The maximum atomic E-state index is 6.15. The van der Waals surface area contributed by atoms with Gasteiger partial charge in [0.15, 0.2) is 5.96 Å². The van der Waals surface area contributed by atoms with Crippen LogP contribution >= 0.6 is 24.0 Å². The van der Waals surface area contributed by atoms with Crippen LogP contribution in [0.2, 0.25) is 0 Å². The van der Waals surface area contributed by atoms with Crippen molar-refractivity contribution in [1.29, 1.82) is 0 Å². The van der Waals surface area contributed by atoms with Gasteiger partial charge in [0.25, 0.3) is 0 Å². The van der Waals surface area contributed by atoms with E-state index in [0.29, 0.717) is 5.92 Å². The topological polar surface area (TPSA) is 48.9 Å². The molecule has 4 rings (SSSR count). The molecule has 0 bridgehead atoms. The lowest BCUT2D eigenvalue weighted by molar-refractivity contribution is -0.0265. The van der Waals surface area contributed by atoms with Crippen LogP contribution in [0.4, 0.5) is 5.69 Å². The molecular weight excluding hydrogens is 511 g/mol. The summed E-state index contributed by atoms with van der Waals surface area (Å²) < 4.78 is 6.15. The Bertz CT molecular complexity index is 854. The maximum Gasteiger partial charge on any atom is 0.191 e. The largest absolute Gasteiger partial charge is 0.373 e. The molecule has 174 valence electrons. The number of ether oxygens (including phenoxy) is 1. The van der Waals surface area contributed by atoms with Gasteiger partial charge in [-0.25, -0.2) is 0 Å². The first-order valence-electron chi connectivity index (χ1n) is 11.7. The normalized spacial score (nSPS) is 22.2. The first kappa shape index (κ1) is 24.8. The van der Waals surface area contributed by atoms with Crippen molar-refractivity contribution in [3.05, 3.63) is 65.7 Å². The summed E-state index contributed by atoms with van der Waals surface area (Å²) in [5.41, 5.74) is 3.89. The molecule has 5 nitrogen and oxygen atoms in total. The van der Waals surface area contributed by atoms with Gasteiger partial charge < -0.3 is 20.3 Å². The number of rotatable bonds is 6. The third kappa shape index (κ3) is 6.38. The van der Waals surface area contributed by atoms with Gasteiger partial charge in [-0.15, -0.1) is 24.0 Å². The van der Waals surface area contributed by atoms with E-state index in [9.17, 15) is 0 Å². The van der Waals surface area contributed by atoms with Crippen molar-refractivity contribution in [2.45, 2.75) is 44.8 Å². The van der Waals surface area contributed by atoms with Crippen LogP contribution in [0.1, 0.15) is 55.9 Å². The molecule has 0 saturated carbocycles. The lowest BCUT2D eigenvalue weighted by atomic mass is 9.89. The van der Waals surface area contributed by atoms with Crippen molar-refractivity contribution >= 4 is 35.6 Å². The Morgan fingerprint density at radius 2 is 1.88 bits per heavy atom. The Morgan fingerprint density at radius 3 is 2.62 bits per heavy atom. The van der Waals surface area contributed by atoms with Crippen LogP contribution in [0, 0.1) is 5.92 Å². The van der Waals surface area contributed by atoms with E-state index < -0.39 is 0 Å². The highest BCUT2D eigenvalue weighted by atomic mass is 127. The van der Waals surface area contributed by atoms with Crippen LogP contribution in [0.15, 0.2) is 59.6 Å². The summed E-state index contributed by atoms with van der Waals surface area (Å²) in [7, 11) is 1.84. The quantitative estimate of drug-likeness (QED) is 0.292. The molecule has 2 heterocycles. The summed E-state index contributed by atoms with van der Waals surface area (Å²) in [4.78, 5) is 6.96. The highest BCUT2D eigenvalue weighted by molar-refractivity contribution is 14.0. The monoisotopic (exact) mass is 548 g/mol. The number of halogens is 1. The minimum Gasteiger partial charge on any atom is -0.373 e. The zero-order valence-corrected chi connectivity index (χ0v) is 21.6. The molecule has 2 aromatic carbocycles. The molecule has 2 aliphatic heterocycles. The maximum absolute atomic E-state index is 6.15. The van der Waals surface area contributed by atoms with E-state index in [4.69, 9.17) is 4.74 Å². The minimum atomic E-state index is 0. The molecule has 2 aliphatic rings. The van der Waals surface area contributed by atoms with E-state index in [-0.39, 0.29) is 36.1 Å². The highest BCUT2D eigenvalue weighted by Gasteiger charge is 2.27. The average Bonchev–Trinajstić information content (AvgIpc) is 3.37. The Labute approximate surface area is 210 Å². The molecule has 6 heteroatoms. The molecule has 0 spiro atoms. The van der Waals surface area contributed by atoms with Crippen molar-refractivity contribution in [1.82, 2.24) is 10.6 Å². The second kappa shape index (κ2) is 12.4. The van der Waals surface area contributed by atoms with Crippen LogP contribution in [-0.2, 0) is 4.74 Å². The lowest BCUT2D eigenvalue weighted by Gasteiger charge is -2.33. The molecule has 3 unspecified atom stereocenters. The molecule has 3 atom stereocenters. The number of anilines is 1. The van der Waals surface area contributed by atoms with Gasteiger partial charge in [-0.2, -0.15) is 0 Å². The third-order valence-electron chi connectivity index (χ3n) is 6.52. The molecule has 32 heavy (non-hydrogen) atoms. The molecule has 2 saturated heterocycles. The van der Waals surface area contributed by atoms with Crippen molar-refractivity contribution in [2.75, 3.05) is 38.2 Å². The second-order valence-electron chi connectivity index (χ2n) is 8.71. The SMILES string of the molecule is CN=C(NCC1CCCOC1c1ccccc1)NC(C)c1cccc(N2CCCC2)c1.I. The molecule has 0 aromatic heterocycles. The van der Waals surface area contributed by atoms with Crippen LogP contribution in [0.3, 0.4) is 0 Å². The van der Waals surface area contributed by atoms with Gasteiger partial charge in [-0.1, -0.05) is 42.5 Å². The summed E-state index contributed by atoms with van der Waals surface area (Å²) in [6.07, 6.45) is 5.01. The van der Waals surface area contributed by atoms with Crippen LogP contribution < -0.4 is 15.5 Å². The predicted octanol–water partition coefficient (Wildman–Crippen LogP) is 5.30. The molecule has 2 N–H and O–H groups in total. The van der Waals surface area contributed by atoms with Gasteiger partial charge in [-0.3, -0.25) is 4.99 Å². The second-order valence-corrected chi connectivity index (χ2v) is 8.71. The predicted molar refractivity (Wildman–Crippen MR) is 144 cm³/mol. The van der Waals surface area contributed by atoms with Crippen LogP contribution in [0.25, 0.3) is 0 Å². The van der Waals surface area contributed by atoms with E-state index in [1.54, 1.807) is 0 Å². The fraction of sp³-hybridized carbons (Fsp3) is 0.500. The van der Waals surface area contributed by atoms with Crippen LogP contribution in [0.5, 0.6) is 0 Å². The van der Waals surface area contributed by atoms with Crippen molar-refractivity contribution in [3.8, 4) is 0 Å². The van der Waals surface area contributed by atoms with Gasteiger partial charge >= 0.3 is 0 Å². The first-order valence-corrected chi connectivity index (χ1v) is 11.7. The summed E-state index contributed by atoms with van der Waals surface area (Å²) in [5.74, 6) is 1.28. The van der Waals surface area contributed by atoms with Crippen LogP contribution in [-0.4, -0.2) is 39.2 Å². The Balaban J connectivity index is 0.00000289. The van der Waals surface area contributed by atoms with E-state index in [2.05, 4.69) is 82.0 Å². The number of hydrogen-bond donors (Lipinski definition) is 2. The van der Waals surface area contributed by atoms with Crippen molar-refractivity contribution in [3.63, 3.8) is 0 Å². The Morgan fingerprint density at radius 1 is 1.09 bits per heavy atom. The number of nitrogens with zero attached hydrogens (tertiary/aromatic N) is 2. The van der Waals surface area contributed by atoms with Gasteiger partial charge in [0.05, 0.1) is 12.1 Å². The zero-order valence-electron chi connectivity index (χ0n) is 19.3. The number of benzene rings is 2. The fourth-order valence-electron chi connectivity index (χ4n) is 4.74. The number of hydrogen-bond acceptors (Lipinski definition) is 3. The summed E-state index contributed by atoms with van der Waals surface area (Å²) in [6.45, 7) is 6.22. The zero-order chi connectivity index (χ0) is 21.5. The van der Waals surface area contributed by atoms with E-state index >= 15 is 0 Å². The molecule has 0 aliphatic carbocycles. The highest BCUT2D eigenvalue weighted by Crippen LogP contribution is 2.33. The standard InChI is InChI=1S/C26H36N4O.HI/c1-20(22-12-8-14-24(18-22)30-15-6-7-16-30)29-26(27-2)28-19-23-13-9-17-31-25(23)21-10-4-3-5-11-21;/h3-5,8,10-12,14,18,20,23,25H,6-7,9,13,15-17,19H2,1-2H3,(H2,27,28,29);1H. The minimum absolute atomic E-state index is 0. The summed E-state index contributed by atoms with van der Waals surface area (Å²) >= 11 is 0. The number of guanidine groups is 1. The Hall–Kier alpha value is -1.80. The summed E-state index contributed by atoms with van der Waals surface area (Å²) in [5, 5.41) is 7.13. The van der Waals surface area contributed by atoms with E-state index in [1.165, 1.54) is 42.7 Å². The fourth-order valence-corrected chi connectivity index (χ4v) is 4.74. The molecule has 0 radical (unpaired) electrons. The molecule has 0 amide bonds. The molecular formula is C26H37IN4O. The number of aliphatic imine (C=N–C) groups is 1. The lowest BCUT2D eigenvalue weighted by Crippen LogP contribution is -2.42. The van der Waals surface area contributed by atoms with Gasteiger partial charge in [0, 0.05) is 44.9 Å². The third-order valence-corrected chi connectivity index (χ3v) is 6.52. The first-order chi connectivity index (χ1) is 15.2. The number of nitrogens with one attached hydrogen (secondary N) is 2.